The average molecular weight is 260 g/mol. The van der Waals surface area contributed by atoms with Gasteiger partial charge in [-0.25, -0.2) is 0 Å². The fourth-order valence-corrected chi connectivity index (χ4v) is 2.32. The molecule has 1 heterocycles. The first-order valence-corrected chi connectivity index (χ1v) is 6.53. The third kappa shape index (κ3) is 2.89. The number of fused-ring (bicyclic) bond motifs is 1. The van der Waals surface area contributed by atoms with Gasteiger partial charge in [-0.2, -0.15) is 0 Å². The number of rotatable bonds is 4. The predicted molar refractivity (Wildman–Crippen MR) is 76.6 cm³/mol. The van der Waals surface area contributed by atoms with Crippen LogP contribution in [0.3, 0.4) is 0 Å². The number of amides is 1. The Hall–Kier alpha value is -1.97. The predicted octanol–water partition coefficient (Wildman–Crippen LogP) is 1.92. The lowest BCUT2D eigenvalue weighted by atomic mass is 10.2. The van der Waals surface area contributed by atoms with Crippen molar-refractivity contribution in [3.8, 4) is 5.75 Å². The van der Waals surface area contributed by atoms with Crippen molar-refractivity contribution >= 4 is 11.6 Å². The van der Waals surface area contributed by atoms with E-state index in [1.807, 2.05) is 18.2 Å². The van der Waals surface area contributed by atoms with E-state index in [0.717, 1.165) is 24.5 Å². The Kier molecular flexibility index (Phi) is 4.10. The van der Waals surface area contributed by atoms with Crippen molar-refractivity contribution in [3.63, 3.8) is 0 Å². The summed E-state index contributed by atoms with van der Waals surface area (Å²) in [7, 11) is 1.77. The SMILES string of the molecule is C=CC(=O)N(C)CC1CN(CC)c2ccccc2O1. The van der Waals surface area contributed by atoms with Gasteiger partial charge in [-0.1, -0.05) is 18.7 Å². The third-order valence-corrected chi connectivity index (χ3v) is 3.33. The van der Waals surface area contributed by atoms with Crippen molar-refractivity contribution in [1.29, 1.82) is 0 Å². The quantitative estimate of drug-likeness (QED) is 0.775. The molecule has 19 heavy (non-hydrogen) atoms. The summed E-state index contributed by atoms with van der Waals surface area (Å²) in [5.74, 6) is 0.811. The molecule has 0 aromatic heterocycles. The zero-order valence-corrected chi connectivity index (χ0v) is 11.5. The highest BCUT2D eigenvalue weighted by molar-refractivity contribution is 5.86. The second kappa shape index (κ2) is 5.78. The van der Waals surface area contributed by atoms with Gasteiger partial charge in [-0.05, 0) is 25.1 Å². The van der Waals surface area contributed by atoms with Crippen molar-refractivity contribution in [2.45, 2.75) is 13.0 Å². The number of carbonyl (C=O) groups is 1. The zero-order valence-electron chi connectivity index (χ0n) is 11.5. The fourth-order valence-electron chi connectivity index (χ4n) is 2.32. The van der Waals surface area contributed by atoms with Crippen LogP contribution in [0, 0.1) is 0 Å². The number of ether oxygens (including phenoxy) is 1. The van der Waals surface area contributed by atoms with Crippen LogP contribution in [-0.4, -0.2) is 43.6 Å². The maximum Gasteiger partial charge on any atom is 0.245 e. The second-order valence-electron chi connectivity index (χ2n) is 4.67. The van der Waals surface area contributed by atoms with Crippen molar-refractivity contribution in [2.24, 2.45) is 0 Å². The van der Waals surface area contributed by atoms with Crippen LogP contribution in [0.2, 0.25) is 0 Å². The Morgan fingerprint density at radius 3 is 3.00 bits per heavy atom. The molecule has 1 aliphatic heterocycles. The van der Waals surface area contributed by atoms with Crippen LogP contribution in [0.25, 0.3) is 0 Å². The van der Waals surface area contributed by atoms with Crippen molar-refractivity contribution < 1.29 is 9.53 Å². The highest BCUT2D eigenvalue weighted by Crippen LogP contribution is 2.32. The lowest BCUT2D eigenvalue weighted by molar-refractivity contribution is -0.125. The van der Waals surface area contributed by atoms with Crippen molar-refractivity contribution in [3.05, 3.63) is 36.9 Å². The van der Waals surface area contributed by atoms with Gasteiger partial charge < -0.3 is 14.5 Å². The molecule has 2 rings (SSSR count). The average Bonchev–Trinajstić information content (AvgIpc) is 2.45. The number of hydrogen-bond donors (Lipinski definition) is 0. The minimum atomic E-state index is -0.0782. The molecule has 0 radical (unpaired) electrons. The molecule has 1 unspecified atom stereocenters. The van der Waals surface area contributed by atoms with Gasteiger partial charge in [0.1, 0.15) is 11.9 Å². The number of nitrogens with zero attached hydrogens (tertiary/aromatic N) is 2. The molecular weight excluding hydrogens is 240 g/mol. The Morgan fingerprint density at radius 1 is 1.58 bits per heavy atom. The standard InChI is InChI=1S/C15H20N2O2/c1-4-15(18)16(3)10-12-11-17(5-2)13-8-6-7-9-14(13)19-12/h4,6-9,12H,1,5,10-11H2,2-3H3. The fraction of sp³-hybridized carbons (Fsp3) is 0.400. The van der Waals surface area contributed by atoms with E-state index in [1.165, 1.54) is 6.08 Å². The van der Waals surface area contributed by atoms with Crippen molar-refractivity contribution in [1.82, 2.24) is 4.90 Å². The van der Waals surface area contributed by atoms with E-state index in [0.29, 0.717) is 6.54 Å². The molecule has 0 saturated carbocycles. The first kappa shape index (κ1) is 13.5. The molecule has 1 aliphatic rings. The molecule has 1 aromatic rings. The van der Waals surface area contributed by atoms with Crippen LogP contribution in [0.4, 0.5) is 5.69 Å². The Bertz CT molecular complexity index is 473. The van der Waals surface area contributed by atoms with Crippen LogP contribution >= 0.6 is 0 Å². The highest BCUT2D eigenvalue weighted by Gasteiger charge is 2.26. The minimum Gasteiger partial charge on any atom is -0.485 e. The van der Waals surface area contributed by atoms with Gasteiger partial charge in [0.05, 0.1) is 18.8 Å². The van der Waals surface area contributed by atoms with Crippen LogP contribution in [0.1, 0.15) is 6.92 Å². The van der Waals surface area contributed by atoms with Gasteiger partial charge in [0.2, 0.25) is 5.91 Å². The minimum absolute atomic E-state index is 0.0104. The summed E-state index contributed by atoms with van der Waals surface area (Å²) in [5.41, 5.74) is 1.12. The molecule has 0 spiro atoms. The third-order valence-electron chi connectivity index (χ3n) is 3.33. The molecule has 0 N–H and O–H groups in total. The molecule has 4 nitrogen and oxygen atoms in total. The van der Waals surface area contributed by atoms with E-state index in [9.17, 15) is 4.79 Å². The van der Waals surface area contributed by atoms with Gasteiger partial charge in [0.25, 0.3) is 0 Å². The molecule has 0 bridgehead atoms. The number of benzene rings is 1. The molecule has 102 valence electrons. The molecule has 0 fully saturated rings. The normalized spacial score (nSPS) is 17.4. The lowest BCUT2D eigenvalue weighted by Crippen LogP contribution is -2.46. The van der Waals surface area contributed by atoms with E-state index in [4.69, 9.17) is 4.74 Å². The number of likely N-dealkylation sites (N-methyl/N-ethyl adjacent to an activating group) is 2. The summed E-state index contributed by atoms with van der Waals surface area (Å²) >= 11 is 0. The van der Waals surface area contributed by atoms with E-state index in [-0.39, 0.29) is 12.0 Å². The maximum absolute atomic E-state index is 11.5. The number of para-hydroxylation sites is 2. The Morgan fingerprint density at radius 2 is 2.32 bits per heavy atom. The summed E-state index contributed by atoms with van der Waals surface area (Å²) in [6.45, 7) is 7.91. The van der Waals surface area contributed by atoms with E-state index in [2.05, 4.69) is 24.5 Å². The van der Waals surface area contributed by atoms with Crippen LogP contribution < -0.4 is 9.64 Å². The zero-order chi connectivity index (χ0) is 13.8. The smallest absolute Gasteiger partial charge is 0.245 e. The Balaban J connectivity index is 2.11. The molecule has 0 aliphatic carbocycles. The molecule has 0 saturated heterocycles. The number of carbonyl (C=O) groups excluding carboxylic acids is 1. The van der Waals surface area contributed by atoms with Gasteiger partial charge in [-0.15, -0.1) is 0 Å². The first-order chi connectivity index (χ1) is 9.15. The van der Waals surface area contributed by atoms with E-state index < -0.39 is 0 Å². The van der Waals surface area contributed by atoms with Crippen LogP contribution in [0.5, 0.6) is 5.75 Å². The van der Waals surface area contributed by atoms with Gasteiger partial charge >= 0.3 is 0 Å². The Labute approximate surface area is 114 Å². The molecular formula is C15H20N2O2. The molecule has 1 atom stereocenters. The molecule has 4 heteroatoms. The topological polar surface area (TPSA) is 32.8 Å². The lowest BCUT2D eigenvalue weighted by Gasteiger charge is -2.37. The van der Waals surface area contributed by atoms with Gasteiger partial charge in [0, 0.05) is 13.6 Å². The monoisotopic (exact) mass is 260 g/mol. The largest absolute Gasteiger partial charge is 0.485 e. The summed E-state index contributed by atoms with van der Waals surface area (Å²) in [6, 6.07) is 8.01. The maximum atomic E-state index is 11.5. The van der Waals surface area contributed by atoms with Crippen LogP contribution in [0.15, 0.2) is 36.9 Å². The molecule has 1 aromatic carbocycles. The van der Waals surface area contributed by atoms with Crippen LogP contribution in [-0.2, 0) is 4.79 Å². The van der Waals surface area contributed by atoms with E-state index in [1.54, 1.807) is 11.9 Å². The molecule has 1 amide bonds. The summed E-state index contributed by atoms with van der Waals surface area (Å²) in [4.78, 5) is 15.4. The number of hydrogen-bond acceptors (Lipinski definition) is 3. The van der Waals surface area contributed by atoms with E-state index >= 15 is 0 Å². The summed E-state index contributed by atoms with van der Waals surface area (Å²) in [5, 5.41) is 0. The second-order valence-corrected chi connectivity index (χ2v) is 4.67. The van der Waals surface area contributed by atoms with Gasteiger partial charge in [0.15, 0.2) is 0 Å². The summed E-state index contributed by atoms with van der Waals surface area (Å²) in [6.07, 6.45) is 1.32. The van der Waals surface area contributed by atoms with Crippen molar-refractivity contribution in [2.75, 3.05) is 31.6 Å². The number of anilines is 1. The van der Waals surface area contributed by atoms with Gasteiger partial charge in [-0.3, -0.25) is 4.79 Å². The first-order valence-electron chi connectivity index (χ1n) is 6.53. The summed E-state index contributed by atoms with van der Waals surface area (Å²) < 4.78 is 5.96. The highest BCUT2D eigenvalue weighted by atomic mass is 16.5.